The molecule has 2 saturated heterocycles. The largest absolute Gasteiger partial charge is 0.508 e. The van der Waals surface area contributed by atoms with Gasteiger partial charge in [0.25, 0.3) is 0 Å². The standard InChI is InChI=1S/C17H21N3O6S/c1-17(2)12(16(24)26-25-3)20-14(23)11(15(20)27-17)19-13(22)10(18)8-4-6-9(21)7-5-8/h4-7,10-12,15,21H,18H2,1-3H3,(H,19,22)/t10-,11-,12+,15-/m1/s1. The van der Waals surface area contributed by atoms with Crippen LogP contribution < -0.4 is 11.1 Å². The molecule has 3 rings (SSSR count). The van der Waals surface area contributed by atoms with Crippen LogP contribution in [0.4, 0.5) is 0 Å². The molecule has 0 spiro atoms. The highest BCUT2D eigenvalue weighted by atomic mass is 32.2. The highest BCUT2D eigenvalue weighted by molar-refractivity contribution is 8.01. The topological polar surface area (TPSA) is 131 Å². The maximum atomic E-state index is 12.6. The van der Waals surface area contributed by atoms with Crippen LogP contribution in [0.5, 0.6) is 5.75 Å². The zero-order valence-electron chi connectivity index (χ0n) is 15.0. The molecule has 2 aliphatic rings. The van der Waals surface area contributed by atoms with Crippen LogP contribution in [-0.4, -0.2) is 57.1 Å². The number of carbonyl (C=O) groups excluding carboxylic acids is 3. The zero-order chi connectivity index (χ0) is 19.9. The molecule has 0 unspecified atom stereocenters. The summed E-state index contributed by atoms with van der Waals surface area (Å²) in [6.45, 7) is 3.65. The zero-order valence-corrected chi connectivity index (χ0v) is 15.9. The van der Waals surface area contributed by atoms with Crippen molar-refractivity contribution in [1.29, 1.82) is 0 Å². The van der Waals surface area contributed by atoms with E-state index in [9.17, 15) is 19.5 Å². The van der Waals surface area contributed by atoms with Gasteiger partial charge in [-0.3, -0.25) is 14.5 Å². The number of hydrogen-bond acceptors (Lipinski definition) is 8. The summed E-state index contributed by atoms with van der Waals surface area (Å²) >= 11 is 1.40. The van der Waals surface area contributed by atoms with E-state index < -0.39 is 40.1 Å². The molecule has 2 fully saturated rings. The van der Waals surface area contributed by atoms with Gasteiger partial charge in [-0.25, -0.2) is 4.79 Å². The average molecular weight is 395 g/mol. The number of carbonyl (C=O) groups is 3. The number of amides is 2. The highest BCUT2D eigenvalue weighted by Crippen LogP contribution is 2.51. The molecular formula is C17H21N3O6S. The van der Waals surface area contributed by atoms with Gasteiger partial charge in [0, 0.05) is 4.75 Å². The number of thioether (sulfide) groups is 1. The predicted molar refractivity (Wildman–Crippen MR) is 96.2 cm³/mol. The van der Waals surface area contributed by atoms with Gasteiger partial charge in [-0.1, -0.05) is 12.1 Å². The molecule has 4 atom stereocenters. The van der Waals surface area contributed by atoms with E-state index in [-0.39, 0.29) is 11.7 Å². The molecule has 10 heteroatoms. The van der Waals surface area contributed by atoms with Crippen molar-refractivity contribution in [2.75, 3.05) is 7.11 Å². The van der Waals surface area contributed by atoms with Crippen molar-refractivity contribution in [3.63, 3.8) is 0 Å². The fraction of sp³-hybridized carbons (Fsp3) is 0.471. The average Bonchev–Trinajstić information content (AvgIpc) is 2.87. The molecule has 0 saturated carbocycles. The summed E-state index contributed by atoms with van der Waals surface area (Å²) in [5.74, 6) is -1.48. The SMILES string of the molecule is COOC(=O)[C@@H]1N2C(=O)[C@@H](NC(=O)[C@H](N)c3ccc(O)cc3)[C@H]2SC1(C)C. The number of β-lactam (4-membered cyclic amide) rings is 1. The molecule has 4 N–H and O–H groups in total. The molecule has 2 aliphatic heterocycles. The second-order valence-corrected chi connectivity index (χ2v) is 8.66. The maximum absolute atomic E-state index is 12.6. The Kier molecular flexibility index (Phi) is 5.06. The number of phenolic OH excluding ortho intramolecular Hbond substituents is 1. The second kappa shape index (κ2) is 7.02. The molecule has 146 valence electrons. The Balaban J connectivity index is 1.70. The molecule has 0 bridgehead atoms. The minimum absolute atomic E-state index is 0.0646. The van der Waals surface area contributed by atoms with Crippen LogP contribution in [0.1, 0.15) is 25.5 Å². The van der Waals surface area contributed by atoms with Crippen LogP contribution in [0.3, 0.4) is 0 Å². The molecule has 0 radical (unpaired) electrons. The van der Waals surface area contributed by atoms with Crippen LogP contribution in [0, 0.1) is 0 Å². The van der Waals surface area contributed by atoms with E-state index in [2.05, 4.69) is 15.1 Å². The molecule has 1 aromatic rings. The lowest BCUT2D eigenvalue weighted by Gasteiger charge is -2.44. The van der Waals surface area contributed by atoms with Gasteiger partial charge < -0.3 is 21.1 Å². The Bertz CT molecular complexity index is 768. The van der Waals surface area contributed by atoms with Crippen molar-refractivity contribution in [2.45, 2.75) is 42.1 Å². The normalized spacial score (nSPS) is 26.7. The first-order valence-electron chi connectivity index (χ1n) is 8.26. The second-order valence-electron chi connectivity index (χ2n) is 6.88. The minimum atomic E-state index is -0.985. The number of phenols is 1. The summed E-state index contributed by atoms with van der Waals surface area (Å²) in [5.41, 5.74) is 6.46. The first-order chi connectivity index (χ1) is 12.7. The highest BCUT2D eigenvalue weighted by Gasteiger charge is 2.64. The van der Waals surface area contributed by atoms with Crippen LogP contribution >= 0.6 is 11.8 Å². The Morgan fingerprint density at radius 3 is 2.56 bits per heavy atom. The molecule has 2 heterocycles. The van der Waals surface area contributed by atoms with Gasteiger partial charge >= 0.3 is 5.97 Å². The van der Waals surface area contributed by atoms with Gasteiger partial charge in [0.05, 0.1) is 7.11 Å². The van der Waals surface area contributed by atoms with E-state index in [1.165, 1.54) is 35.9 Å². The third-order valence-electron chi connectivity index (χ3n) is 4.66. The number of nitrogens with zero attached hydrogens (tertiary/aromatic N) is 1. The van der Waals surface area contributed by atoms with Crippen LogP contribution in [0.25, 0.3) is 0 Å². The summed E-state index contributed by atoms with van der Waals surface area (Å²) in [6, 6.07) is 3.38. The molecule has 1 aromatic carbocycles. The van der Waals surface area contributed by atoms with E-state index in [0.29, 0.717) is 5.56 Å². The fourth-order valence-corrected chi connectivity index (χ4v) is 4.95. The smallest absolute Gasteiger partial charge is 0.366 e. The van der Waals surface area contributed by atoms with Crippen molar-refractivity contribution in [3.05, 3.63) is 29.8 Å². The van der Waals surface area contributed by atoms with E-state index in [0.717, 1.165) is 0 Å². The van der Waals surface area contributed by atoms with Gasteiger partial charge in [-0.15, -0.1) is 11.8 Å². The molecule has 0 aliphatic carbocycles. The Morgan fingerprint density at radius 1 is 1.33 bits per heavy atom. The maximum Gasteiger partial charge on any atom is 0.366 e. The third-order valence-corrected chi connectivity index (χ3v) is 6.23. The van der Waals surface area contributed by atoms with E-state index in [1.54, 1.807) is 12.1 Å². The van der Waals surface area contributed by atoms with Gasteiger partial charge in [0.15, 0.2) is 0 Å². The van der Waals surface area contributed by atoms with Gasteiger partial charge in [-0.2, -0.15) is 4.89 Å². The third kappa shape index (κ3) is 3.35. The number of hydrogen-bond donors (Lipinski definition) is 3. The summed E-state index contributed by atoms with van der Waals surface area (Å²) < 4.78 is -0.603. The van der Waals surface area contributed by atoms with Crippen molar-refractivity contribution in [3.8, 4) is 5.75 Å². The summed E-state index contributed by atoms with van der Waals surface area (Å²) in [6.07, 6.45) is 0. The molecule has 27 heavy (non-hydrogen) atoms. The van der Waals surface area contributed by atoms with Crippen LogP contribution in [0.2, 0.25) is 0 Å². The van der Waals surface area contributed by atoms with Gasteiger partial charge in [0.2, 0.25) is 11.8 Å². The number of nitrogens with two attached hydrogens (primary N) is 1. The lowest BCUT2D eigenvalue weighted by molar-refractivity contribution is -0.260. The number of aromatic hydroxyl groups is 1. The molecule has 2 amide bonds. The summed E-state index contributed by atoms with van der Waals surface area (Å²) in [7, 11) is 1.22. The first-order valence-corrected chi connectivity index (χ1v) is 9.14. The molecule has 0 aromatic heterocycles. The fourth-order valence-electron chi connectivity index (χ4n) is 3.33. The molecular weight excluding hydrogens is 374 g/mol. The number of fused-ring (bicyclic) bond motifs is 1. The van der Waals surface area contributed by atoms with E-state index in [1.807, 2.05) is 13.8 Å². The lowest BCUT2D eigenvalue weighted by Crippen LogP contribution is -2.71. The number of benzene rings is 1. The van der Waals surface area contributed by atoms with Crippen molar-refractivity contribution >= 4 is 29.5 Å². The number of nitrogens with one attached hydrogen (secondary N) is 1. The monoisotopic (exact) mass is 395 g/mol. The predicted octanol–water partition coefficient (Wildman–Crippen LogP) is 0.0437. The van der Waals surface area contributed by atoms with Crippen molar-refractivity contribution < 1.29 is 29.3 Å². The van der Waals surface area contributed by atoms with Crippen molar-refractivity contribution in [1.82, 2.24) is 10.2 Å². The van der Waals surface area contributed by atoms with Crippen LogP contribution in [0.15, 0.2) is 24.3 Å². The molecule has 9 nitrogen and oxygen atoms in total. The van der Waals surface area contributed by atoms with Crippen LogP contribution in [-0.2, 0) is 24.2 Å². The van der Waals surface area contributed by atoms with Gasteiger partial charge in [-0.05, 0) is 31.5 Å². The van der Waals surface area contributed by atoms with E-state index in [4.69, 9.17) is 5.73 Å². The Hall–Kier alpha value is -2.30. The summed E-state index contributed by atoms with van der Waals surface area (Å²) in [4.78, 5) is 47.6. The Morgan fingerprint density at radius 2 is 1.96 bits per heavy atom. The summed E-state index contributed by atoms with van der Waals surface area (Å²) in [5, 5.41) is 11.6. The quantitative estimate of drug-likeness (QED) is 0.362. The van der Waals surface area contributed by atoms with Crippen molar-refractivity contribution in [2.24, 2.45) is 5.73 Å². The van der Waals surface area contributed by atoms with E-state index >= 15 is 0 Å². The Labute approximate surface area is 160 Å². The minimum Gasteiger partial charge on any atom is -0.508 e. The van der Waals surface area contributed by atoms with Gasteiger partial charge in [0.1, 0.15) is 29.2 Å². The lowest BCUT2D eigenvalue weighted by atomic mass is 9.95. The first kappa shape index (κ1) is 19.5. The number of rotatable bonds is 5.